The molecular weight excluding hydrogens is 650 g/mol. The van der Waals surface area contributed by atoms with Gasteiger partial charge in [-0.2, -0.15) is 4.98 Å². The smallest absolute Gasteiger partial charge is 0.386 e. The Kier molecular flexibility index (Phi) is 7.27. The highest BCUT2D eigenvalue weighted by atomic mass is 31.2. The molecule has 23 nitrogen and oxygen atoms in total. The van der Waals surface area contributed by atoms with Gasteiger partial charge in [0.25, 0.3) is 5.56 Å². The average Bonchev–Trinajstić information content (AvgIpc) is 3.72. The van der Waals surface area contributed by atoms with Crippen LogP contribution in [0.4, 0.5) is 11.8 Å². The summed E-state index contributed by atoms with van der Waals surface area (Å²) in [5.74, 6) is -0.230. The third-order valence-electron chi connectivity index (χ3n) is 7.32. The van der Waals surface area contributed by atoms with Gasteiger partial charge in [0, 0.05) is 0 Å². The van der Waals surface area contributed by atoms with Crippen LogP contribution >= 0.6 is 15.6 Å². The van der Waals surface area contributed by atoms with Crippen molar-refractivity contribution in [3.63, 3.8) is 0 Å². The highest BCUT2D eigenvalue weighted by Crippen LogP contribution is 2.53. The fourth-order valence-corrected chi connectivity index (χ4v) is 7.25. The number of aromatic nitrogens is 8. The van der Waals surface area contributed by atoms with Gasteiger partial charge in [-0.15, -0.1) is 0 Å². The van der Waals surface area contributed by atoms with Crippen LogP contribution in [0.25, 0.3) is 22.3 Å². The highest BCUT2D eigenvalue weighted by molar-refractivity contribution is 7.47. The number of phosphoric ester groups is 2. The summed E-state index contributed by atoms with van der Waals surface area (Å²) in [6.45, 7) is -1.65. The molecule has 0 bridgehead atoms. The number of H-pyrrole nitrogens is 1. The molecule has 3 saturated heterocycles. The molecular formula is C20H24N10O13P2. The van der Waals surface area contributed by atoms with Crippen LogP contribution in [-0.4, -0.2) is 109 Å². The van der Waals surface area contributed by atoms with Crippen molar-refractivity contribution in [2.45, 2.75) is 49.1 Å². The number of fused-ring (bicyclic) bond motifs is 4. The van der Waals surface area contributed by atoms with Gasteiger partial charge in [-0.3, -0.25) is 37.0 Å². The van der Waals surface area contributed by atoms with E-state index in [9.17, 15) is 33.9 Å². The van der Waals surface area contributed by atoms with Gasteiger partial charge in [-0.1, -0.05) is 0 Å². The number of hydrogen-bond acceptors (Lipinski definition) is 18. The number of nitrogens with zero attached hydrogens (tertiary/aromatic N) is 7. The topological polar surface area (TPSA) is 330 Å². The Morgan fingerprint density at radius 1 is 0.822 bits per heavy atom. The number of phosphoric acid groups is 2. The molecule has 4 aromatic rings. The van der Waals surface area contributed by atoms with Gasteiger partial charge >= 0.3 is 15.6 Å². The number of aliphatic hydroxyl groups excluding tert-OH is 2. The zero-order chi connectivity index (χ0) is 31.8. The zero-order valence-electron chi connectivity index (χ0n) is 22.4. The lowest BCUT2D eigenvalue weighted by atomic mass is 10.1. The largest absolute Gasteiger partial charge is 0.472 e. The van der Waals surface area contributed by atoms with Crippen LogP contribution in [0.2, 0.25) is 0 Å². The number of nitrogens with two attached hydrogens (primary N) is 2. The number of nitrogens with one attached hydrogen (secondary N) is 1. The maximum Gasteiger partial charge on any atom is 0.472 e. The monoisotopic (exact) mass is 674 g/mol. The van der Waals surface area contributed by atoms with E-state index in [-0.39, 0.29) is 34.1 Å². The highest BCUT2D eigenvalue weighted by Gasteiger charge is 2.54. The minimum absolute atomic E-state index is 0.0383. The van der Waals surface area contributed by atoms with Gasteiger partial charge in [-0.05, 0) is 0 Å². The van der Waals surface area contributed by atoms with E-state index in [0.29, 0.717) is 0 Å². The third-order valence-corrected chi connectivity index (χ3v) is 9.29. The van der Waals surface area contributed by atoms with Gasteiger partial charge in [0.15, 0.2) is 35.1 Å². The molecule has 2 unspecified atom stereocenters. The number of nitrogen functional groups attached to an aromatic ring is 2. The summed E-state index contributed by atoms with van der Waals surface area (Å²) in [6, 6.07) is 0. The standard InChI is InChI=1S/C20H24N10O13P2/c21-14-8-15(24-3-23-14)29(4-25-8)18-10(31)12-6(40-18)1-38-45(36,37)43-13-7(2-39-44(34,35)42-12)41-19(11(13)32)30-5-26-9-16(30)27-20(22)28-17(9)33/h3-7,10-13,18-19,31-32H,1-2H2,(H,34,35)(H,36,37)(H2,21,23,24)(H3,22,27,28,33)/t6-,7+,10-,11-,12-,13-,18+,19+/m1/s1. The van der Waals surface area contributed by atoms with Crippen LogP contribution in [0, 0.1) is 0 Å². The molecule has 10 atom stereocenters. The lowest BCUT2D eigenvalue weighted by Gasteiger charge is -2.27. The third kappa shape index (κ3) is 5.31. The number of rotatable bonds is 2. The number of anilines is 2. The Bertz CT molecular complexity index is 1940. The van der Waals surface area contributed by atoms with E-state index in [1.54, 1.807) is 0 Å². The second kappa shape index (κ2) is 10.8. The molecule has 242 valence electrons. The molecule has 0 aromatic carbocycles. The molecule has 7 heterocycles. The fourth-order valence-electron chi connectivity index (χ4n) is 5.32. The number of imidazole rings is 2. The SMILES string of the molecule is Nc1nc2c(ncn2[C@H]2O[C@H]3COP(=O)(O)O[C@H]4[C@@H](O)[C@@H](n5cnc6c(N)ncnc65)O[C@@H]4COP(=O)(O)O[C@H]3[C@H]2O)c(=O)[nH]1. The lowest BCUT2D eigenvalue weighted by Crippen LogP contribution is -2.39. The molecule has 3 aliphatic rings. The van der Waals surface area contributed by atoms with E-state index in [1.165, 1.54) is 10.9 Å². The molecule has 0 spiro atoms. The van der Waals surface area contributed by atoms with Crippen molar-refractivity contribution in [3.05, 3.63) is 29.3 Å². The van der Waals surface area contributed by atoms with Gasteiger partial charge in [0.1, 0.15) is 48.5 Å². The van der Waals surface area contributed by atoms with Gasteiger partial charge in [-0.25, -0.2) is 29.1 Å². The molecule has 4 aromatic heterocycles. The van der Waals surface area contributed by atoms with Gasteiger partial charge in [0.05, 0.1) is 25.9 Å². The van der Waals surface area contributed by atoms with Crippen LogP contribution in [0.5, 0.6) is 0 Å². The van der Waals surface area contributed by atoms with E-state index in [1.807, 2.05) is 0 Å². The van der Waals surface area contributed by atoms with Crippen LogP contribution < -0.4 is 17.0 Å². The van der Waals surface area contributed by atoms with Crippen LogP contribution in [0.15, 0.2) is 23.8 Å². The molecule has 0 amide bonds. The molecule has 25 heteroatoms. The first-order chi connectivity index (χ1) is 21.3. The Labute approximate surface area is 248 Å². The fraction of sp³-hybridized carbons (Fsp3) is 0.500. The van der Waals surface area contributed by atoms with Crippen molar-refractivity contribution in [1.82, 2.24) is 39.0 Å². The van der Waals surface area contributed by atoms with Crippen molar-refractivity contribution >= 4 is 49.7 Å². The number of aliphatic hydroxyl groups is 2. The second-order valence-corrected chi connectivity index (χ2v) is 13.0. The number of ether oxygens (including phenoxy) is 2. The number of aromatic amines is 1. The van der Waals surface area contributed by atoms with Crippen LogP contribution in [-0.2, 0) is 36.7 Å². The van der Waals surface area contributed by atoms with Crippen LogP contribution in [0.3, 0.4) is 0 Å². The van der Waals surface area contributed by atoms with E-state index in [0.717, 1.165) is 17.2 Å². The van der Waals surface area contributed by atoms with E-state index < -0.39 is 83.5 Å². The first kappa shape index (κ1) is 30.2. The number of hydrogen-bond donors (Lipinski definition) is 7. The Morgan fingerprint density at radius 2 is 1.36 bits per heavy atom. The molecule has 45 heavy (non-hydrogen) atoms. The first-order valence-corrected chi connectivity index (χ1v) is 15.9. The summed E-state index contributed by atoms with van der Waals surface area (Å²) in [6.07, 6.45) is -9.11. The maximum atomic E-state index is 13.1. The van der Waals surface area contributed by atoms with Crippen molar-refractivity contribution in [2.24, 2.45) is 0 Å². The quantitative estimate of drug-likeness (QED) is 0.109. The van der Waals surface area contributed by atoms with Gasteiger partial charge < -0.3 is 40.9 Å². The predicted molar refractivity (Wildman–Crippen MR) is 143 cm³/mol. The minimum Gasteiger partial charge on any atom is -0.386 e. The summed E-state index contributed by atoms with van der Waals surface area (Å²) in [4.78, 5) is 55.6. The average molecular weight is 674 g/mol. The predicted octanol–water partition coefficient (Wildman–Crippen LogP) is -2.34. The van der Waals surface area contributed by atoms with Crippen molar-refractivity contribution in [3.8, 4) is 0 Å². The molecule has 0 saturated carbocycles. The summed E-state index contributed by atoms with van der Waals surface area (Å²) < 4.78 is 60.9. The molecule has 7 rings (SSSR count). The zero-order valence-corrected chi connectivity index (χ0v) is 24.2. The normalized spacial score (nSPS) is 37.7. The van der Waals surface area contributed by atoms with Crippen molar-refractivity contribution in [2.75, 3.05) is 24.7 Å². The summed E-state index contributed by atoms with van der Waals surface area (Å²) >= 11 is 0. The van der Waals surface area contributed by atoms with Crippen molar-refractivity contribution in [1.29, 1.82) is 0 Å². The Balaban J connectivity index is 1.17. The summed E-state index contributed by atoms with van der Waals surface area (Å²) in [7, 11) is -10.1. The molecule has 0 aliphatic carbocycles. The van der Waals surface area contributed by atoms with Crippen LogP contribution in [0.1, 0.15) is 12.5 Å². The molecule has 3 aliphatic heterocycles. The molecule has 9 N–H and O–H groups in total. The van der Waals surface area contributed by atoms with E-state index in [4.69, 9.17) is 39.0 Å². The molecule has 3 fully saturated rings. The lowest BCUT2D eigenvalue weighted by molar-refractivity contribution is -0.0664. The first-order valence-electron chi connectivity index (χ1n) is 13.0. The second-order valence-electron chi connectivity index (χ2n) is 10.1. The minimum atomic E-state index is -5.06. The maximum absolute atomic E-state index is 13.1. The van der Waals surface area contributed by atoms with E-state index >= 15 is 0 Å². The Morgan fingerprint density at radius 3 is 1.93 bits per heavy atom. The summed E-state index contributed by atoms with van der Waals surface area (Å²) in [5.41, 5.74) is 10.8. The summed E-state index contributed by atoms with van der Waals surface area (Å²) in [5, 5.41) is 22.2. The van der Waals surface area contributed by atoms with Gasteiger partial charge in [0.2, 0.25) is 5.95 Å². The van der Waals surface area contributed by atoms with Crippen molar-refractivity contribution < 1.29 is 56.7 Å². The Hall–Kier alpha value is -3.44. The molecule has 0 radical (unpaired) electrons. The van der Waals surface area contributed by atoms with E-state index in [2.05, 4.69) is 29.9 Å².